The van der Waals surface area contributed by atoms with Crippen LogP contribution in [0, 0.1) is 17.3 Å². The third-order valence-electron chi connectivity index (χ3n) is 4.31. The summed E-state index contributed by atoms with van der Waals surface area (Å²) in [7, 11) is 0. The Morgan fingerprint density at radius 1 is 1.42 bits per heavy atom. The van der Waals surface area contributed by atoms with E-state index in [0.29, 0.717) is 18.8 Å². The Bertz CT molecular complexity index is 337. The van der Waals surface area contributed by atoms with Crippen molar-refractivity contribution in [3.8, 4) is 0 Å². The Morgan fingerprint density at radius 3 is 2.47 bits per heavy atom. The summed E-state index contributed by atoms with van der Waals surface area (Å²) in [6, 6.07) is 0. The van der Waals surface area contributed by atoms with Gasteiger partial charge in [-0.2, -0.15) is 0 Å². The molecule has 1 aliphatic carbocycles. The fourth-order valence-electron chi connectivity index (χ4n) is 3.56. The van der Waals surface area contributed by atoms with Crippen molar-refractivity contribution in [3.05, 3.63) is 0 Å². The van der Waals surface area contributed by atoms with E-state index in [1.807, 2.05) is 6.92 Å². The monoisotopic (exact) mass is 270 g/mol. The van der Waals surface area contributed by atoms with E-state index in [0.717, 1.165) is 19.3 Å². The van der Waals surface area contributed by atoms with Crippen LogP contribution in [0.3, 0.4) is 0 Å². The minimum Gasteiger partial charge on any atom is -0.481 e. The van der Waals surface area contributed by atoms with Crippen LogP contribution in [0.25, 0.3) is 0 Å². The Balaban J connectivity index is 3.06. The highest BCUT2D eigenvalue weighted by Gasteiger charge is 2.55. The molecule has 0 aliphatic heterocycles. The van der Waals surface area contributed by atoms with Crippen molar-refractivity contribution >= 4 is 11.9 Å². The van der Waals surface area contributed by atoms with Gasteiger partial charge >= 0.3 is 11.9 Å². The van der Waals surface area contributed by atoms with E-state index in [-0.39, 0.29) is 11.9 Å². The smallest absolute Gasteiger partial charge is 0.313 e. The third kappa shape index (κ3) is 3.28. The third-order valence-corrected chi connectivity index (χ3v) is 4.31. The summed E-state index contributed by atoms with van der Waals surface area (Å²) in [6.07, 6.45) is 3.30. The second-order valence-corrected chi connectivity index (χ2v) is 6.07. The van der Waals surface area contributed by atoms with E-state index in [1.54, 1.807) is 0 Å². The van der Waals surface area contributed by atoms with Gasteiger partial charge in [0, 0.05) is 6.92 Å². The van der Waals surface area contributed by atoms with Gasteiger partial charge < -0.3 is 9.84 Å². The maximum absolute atomic E-state index is 11.9. The molecule has 0 aromatic rings. The molecule has 19 heavy (non-hydrogen) atoms. The lowest BCUT2D eigenvalue weighted by atomic mass is 9.68. The Hall–Kier alpha value is -1.06. The van der Waals surface area contributed by atoms with E-state index in [1.165, 1.54) is 6.92 Å². The van der Waals surface area contributed by atoms with Gasteiger partial charge in [-0.15, -0.1) is 0 Å². The molecule has 1 aliphatic rings. The van der Waals surface area contributed by atoms with Gasteiger partial charge in [0.2, 0.25) is 0 Å². The first kappa shape index (κ1) is 16.0. The number of rotatable bonds is 6. The number of esters is 1. The van der Waals surface area contributed by atoms with Crippen molar-refractivity contribution in [2.75, 3.05) is 0 Å². The van der Waals surface area contributed by atoms with Crippen molar-refractivity contribution in [1.29, 1.82) is 0 Å². The van der Waals surface area contributed by atoms with E-state index in [9.17, 15) is 14.7 Å². The SMILES string of the molecule is CCC(CC(C)C)C1(C(=O)O)CCCC1OC(C)=O. The average Bonchev–Trinajstić information content (AvgIpc) is 2.69. The molecule has 1 saturated carbocycles. The highest BCUT2D eigenvalue weighted by molar-refractivity contribution is 5.77. The predicted molar refractivity (Wildman–Crippen MR) is 72.7 cm³/mol. The van der Waals surface area contributed by atoms with Gasteiger partial charge in [-0.05, 0) is 37.5 Å². The number of hydrogen-bond acceptors (Lipinski definition) is 3. The Morgan fingerprint density at radius 2 is 2.05 bits per heavy atom. The molecule has 0 saturated heterocycles. The molecule has 1 fully saturated rings. The first-order valence-corrected chi connectivity index (χ1v) is 7.25. The summed E-state index contributed by atoms with van der Waals surface area (Å²) in [4.78, 5) is 23.1. The van der Waals surface area contributed by atoms with Gasteiger partial charge in [0.1, 0.15) is 11.5 Å². The lowest BCUT2D eigenvalue weighted by molar-refractivity contribution is -0.171. The number of aliphatic carboxylic acids is 1. The molecule has 4 nitrogen and oxygen atoms in total. The lowest BCUT2D eigenvalue weighted by Crippen LogP contribution is -2.47. The summed E-state index contributed by atoms with van der Waals surface area (Å²) in [5.41, 5.74) is -0.884. The molecule has 3 atom stereocenters. The van der Waals surface area contributed by atoms with Crippen LogP contribution < -0.4 is 0 Å². The first-order valence-electron chi connectivity index (χ1n) is 7.25. The molecular formula is C15H26O4. The van der Waals surface area contributed by atoms with Gasteiger partial charge in [-0.25, -0.2) is 0 Å². The molecule has 0 radical (unpaired) electrons. The maximum atomic E-state index is 11.9. The van der Waals surface area contributed by atoms with E-state index < -0.39 is 17.5 Å². The number of hydrogen-bond donors (Lipinski definition) is 1. The summed E-state index contributed by atoms with van der Waals surface area (Å²) >= 11 is 0. The van der Waals surface area contributed by atoms with Crippen LogP contribution >= 0.6 is 0 Å². The molecule has 0 amide bonds. The zero-order valence-electron chi connectivity index (χ0n) is 12.4. The van der Waals surface area contributed by atoms with Crippen molar-refractivity contribution in [3.63, 3.8) is 0 Å². The average molecular weight is 270 g/mol. The molecule has 0 aromatic carbocycles. The van der Waals surface area contributed by atoms with Crippen molar-refractivity contribution < 1.29 is 19.4 Å². The van der Waals surface area contributed by atoms with Crippen LogP contribution in [0.15, 0.2) is 0 Å². The van der Waals surface area contributed by atoms with E-state index in [2.05, 4.69) is 13.8 Å². The number of carbonyl (C=O) groups is 2. The largest absolute Gasteiger partial charge is 0.481 e. The molecule has 1 N–H and O–H groups in total. The fourth-order valence-corrected chi connectivity index (χ4v) is 3.56. The van der Waals surface area contributed by atoms with Gasteiger partial charge in [0.25, 0.3) is 0 Å². The summed E-state index contributed by atoms with van der Waals surface area (Å²) in [6.45, 7) is 7.59. The van der Waals surface area contributed by atoms with Crippen LogP contribution in [0.5, 0.6) is 0 Å². The molecule has 0 heterocycles. The normalized spacial score (nSPS) is 28.4. The van der Waals surface area contributed by atoms with E-state index in [4.69, 9.17) is 4.74 Å². The molecule has 3 unspecified atom stereocenters. The summed E-state index contributed by atoms with van der Waals surface area (Å²) in [5.74, 6) is -0.669. The second kappa shape index (κ2) is 6.40. The van der Waals surface area contributed by atoms with Crippen molar-refractivity contribution in [1.82, 2.24) is 0 Å². The zero-order valence-corrected chi connectivity index (χ0v) is 12.4. The van der Waals surface area contributed by atoms with Crippen LogP contribution in [0.4, 0.5) is 0 Å². The number of carboxylic acid groups (broad SMARTS) is 1. The Labute approximate surface area is 115 Å². The second-order valence-electron chi connectivity index (χ2n) is 6.07. The molecule has 110 valence electrons. The van der Waals surface area contributed by atoms with Crippen molar-refractivity contribution in [2.24, 2.45) is 17.3 Å². The fraction of sp³-hybridized carbons (Fsp3) is 0.867. The van der Waals surface area contributed by atoms with Gasteiger partial charge in [0.05, 0.1) is 0 Å². The number of carboxylic acids is 1. The minimum absolute atomic E-state index is 0.0665. The van der Waals surface area contributed by atoms with E-state index >= 15 is 0 Å². The molecule has 0 aromatic heterocycles. The van der Waals surface area contributed by atoms with Gasteiger partial charge in [-0.1, -0.05) is 27.2 Å². The molecule has 1 rings (SSSR count). The highest BCUT2D eigenvalue weighted by Crippen LogP contribution is 2.49. The van der Waals surface area contributed by atoms with Crippen LogP contribution in [0.1, 0.15) is 59.8 Å². The number of ether oxygens (including phenoxy) is 1. The quantitative estimate of drug-likeness (QED) is 0.752. The molecule has 0 bridgehead atoms. The zero-order chi connectivity index (χ0) is 14.6. The number of carbonyl (C=O) groups excluding carboxylic acids is 1. The molecular weight excluding hydrogens is 244 g/mol. The lowest BCUT2D eigenvalue weighted by Gasteiger charge is -2.38. The predicted octanol–water partition coefficient (Wildman–Crippen LogP) is 3.25. The standard InChI is InChI=1S/C15H26O4/c1-5-12(9-10(2)3)15(14(17)18)8-6-7-13(15)19-11(4)16/h10,12-13H,5-9H2,1-4H3,(H,17,18). The molecule has 4 heteroatoms. The summed E-state index contributed by atoms with van der Waals surface area (Å²) in [5, 5.41) is 9.77. The van der Waals surface area contributed by atoms with Gasteiger partial charge in [-0.3, -0.25) is 9.59 Å². The summed E-state index contributed by atoms with van der Waals surface area (Å²) < 4.78 is 5.33. The topological polar surface area (TPSA) is 63.6 Å². The Kier molecular flexibility index (Phi) is 5.39. The van der Waals surface area contributed by atoms with Crippen LogP contribution in [0.2, 0.25) is 0 Å². The molecule has 0 spiro atoms. The van der Waals surface area contributed by atoms with Crippen LogP contribution in [-0.2, 0) is 14.3 Å². The maximum Gasteiger partial charge on any atom is 0.313 e. The van der Waals surface area contributed by atoms with Gasteiger partial charge in [0.15, 0.2) is 0 Å². The van der Waals surface area contributed by atoms with Crippen LogP contribution in [-0.4, -0.2) is 23.1 Å². The highest BCUT2D eigenvalue weighted by atomic mass is 16.5. The van der Waals surface area contributed by atoms with Crippen molar-refractivity contribution in [2.45, 2.75) is 65.9 Å². The minimum atomic E-state index is -0.884. The first-order chi connectivity index (χ1) is 8.84.